The van der Waals surface area contributed by atoms with Gasteiger partial charge >= 0.3 is 0 Å². The first-order valence-electron chi connectivity index (χ1n) is 6.27. The lowest BCUT2D eigenvalue weighted by molar-refractivity contribution is 0.0852. The maximum absolute atomic E-state index is 12.2. The van der Waals surface area contributed by atoms with Gasteiger partial charge in [-0.15, -0.1) is 0 Å². The Morgan fingerprint density at radius 1 is 1.42 bits per heavy atom. The Kier molecular flexibility index (Phi) is 2.81. The number of carbonyl (C=O) groups excluding carboxylic acids is 1. The quantitative estimate of drug-likeness (QED) is 0.855. The van der Waals surface area contributed by atoms with Crippen LogP contribution in [0.5, 0.6) is 11.6 Å². The van der Waals surface area contributed by atoms with Crippen LogP contribution in [0.15, 0.2) is 18.3 Å². The Labute approximate surface area is 110 Å². The molecule has 5 nitrogen and oxygen atoms in total. The predicted octanol–water partition coefficient (Wildman–Crippen LogP) is 2.33. The van der Waals surface area contributed by atoms with Crippen LogP contribution in [0, 0.1) is 5.92 Å². The number of ether oxygens (including phenoxy) is 1. The van der Waals surface area contributed by atoms with Crippen LogP contribution in [0.25, 0.3) is 11.0 Å². The third-order valence-corrected chi connectivity index (χ3v) is 3.61. The molecule has 5 heteroatoms. The van der Waals surface area contributed by atoms with Crippen molar-refractivity contribution in [3.05, 3.63) is 23.9 Å². The Hall–Kier alpha value is -2.17. The van der Waals surface area contributed by atoms with E-state index in [0.717, 1.165) is 19.3 Å². The summed E-state index contributed by atoms with van der Waals surface area (Å²) in [5.41, 5.74) is 1.12. The van der Waals surface area contributed by atoms with Gasteiger partial charge in [0.2, 0.25) is 5.88 Å². The molecular weight excluding hydrogens is 244 g/mol. The predicted molar refractivity (Wildman–Crippen MR) is 69.4 cm³/mol. The summed E-state index contributed by atoms with van der Waals surface area (Å²) >= 11 is 0. The van der Waals surface area contributed by atoms with E-state index in [1.807, 2.05) is 0 Å². The second-order valence-corrected chi connectivity index (χ2v) is 4.73. The van der Waals surface area contributed by atoms with Gasteiger partial charge < -0.3 is 9.84 Å². The van der Waals surface area contributed by atoms with Crippen molar-refractivity contribution >= 4 is 16.8 Å². The number of rotatable bonds is 3. The minimum absolute atomic E-state index is 0.0238. The molecule has 0 aliphatic heterocycles. The summed E-state index contributed by atoms with van der Waals surface area (Å²) in [6.07, 6.45) is 4.29. The highest BCUT2D eigenvalue weighted by atomic mass is 16.5. The van der Waals surface area contributed by atoms with Crippen molar-refractivity contribution < 1.29 is 14.6 Å². The summed E-state index contributed by atoms with van der Waals surface area (Å²) < 4.78 is 5.02. The molecule has 1 fully saturated rings. The monoisotopic (exact) mass is 258 g/mol. The van der Waals surface area contributed by atoms with Crippen molar-refractivity contribution in [1.29, 1.82) is 0 Å². The van der Waals surface area contributed by atoms with Gasteiger partial charge in [0.05, 0.1) is 18.2 Å². The average molecular weight is 258 g/mol. The average Bonchev–Trinajstić information content (AvgIpc) is 2.36. The van der Waals surface area contributed by atoms with E-state index in [9.17, 15) is 9.90 Å². The lowest BCUT2D eigenvalue weighted by Gasteiger charge is -2.23. The van der Waals surface area contributed by atoms with Crippen LogP contribution < -0.4 is 4.74 Å². The smallest absolute Gasteiger partial charge is 0.213 e. The number of Topliss-reactive ketones (excluding diaryl/α,β-unsaturated/α-hetero) is 1. The van der Waals surface area contributed by atoms with Gasteiger partial charge in [-0.1, -0.05) is 6.42 Å². The first-order chi connectivity index (χ1) is 9.20. The van der Waals surface area contributed by atoms with Crippen molar-refractivity contribution in [1.82, 2.24) is 9.97 Å². The summed E-state index contributed by atoms with van der Waals surface area (Å²) in [4.78, 5) is 20.5. The summed E-state index contributed by atoms with van der Waals surface area (Å²) in [7, 11) is 1.50. The van der Waals surface area contributed by atoms with Crippen LogP contribution in [0.2, 0.25) is 0 Å². The molecule has 2 heterocycles. The molecule has 0 unspecified atom stereocenters. The van der Waals surface area contributed by atoms with Crippen molar-refractivity contribution in [2.75, 3.05) is 7.11 Å². The number of ketones is 1. The van der Waals surface area contributed by atoms with Crippen molar-refractivity contribution in [2.24, 2.45) is 5.92 Å². The molecule has 0 saturated heterocycles. The molecule has 0 bridgehead atoms. The van der Waals surface area contributed by atoms with Crippen LogP contribution in [0.1, 0.15) is 29.6 Å². The van der Waals surface area contributed by atoms with Gasteiger partial charge in [-0.3, -0.25) is 9.78 Å². The Morgan fingerprint density at radius 3 is 2.84 bits per heavy atom. The van der Waals surface area contributed by atoms with Crippen molar-refractivity contribution in [2.45, 2.75) is 19.3 Å². The molecule has 3 rings (SSSR count). The number of hydrogen-bond acceptors (Lipinski definition) is 5. The molecular formula is C14H14N2O3. The van der Waals surface area contributed by atoms with E-state index < -0.39 is 0 Å². The summed E-state index contributed by atoms with van der Waals surface area (Å²) in [6.45, 7) is 0. The fraction of sp³-hybridized carbons (Fsp3) is 0.357. The Morgan fingerprint density at radius 2 is 2.21 bits per heavy atom. The molecule has 0 aromatic carbocycles. The molecule has 1 saturated carbocycles. The van der Waals surface area contributed by atoms with E-state index in [4.69, 9.17) is 4.74 Å². The van der Waals surface area contributed by atoms with E-state index in [0.29, 0.717) is 16.9 Å². The van der Waals surface area contributed by atoms with Gasteiger partial charge in [0.1, 0.15) is 5.52 Å². The highest BCUT2D eigenvalue weighted by molar-refractivity contribution is 6.04. The Bertz CT molecular complexity index is 650. The standard InChI is InChI=1S/C14H14N2O3/c1-19-11-6-5-10-12(16-11)14(18)9(7-15-10)13(17)8-3-2-4-8/h5-8H,2-4H2,1H3,(H,15,18). The van der Waals surface area contributed by atoms with Gasteiger partial charge in [0.25, 0.3) is 0 Å². The first-order valence-corrected chi connectivity index (χ1v) is 6.27. The highest BCUT2D eigenvalue weighted by Gasteiger charge is 2.29. The lowest BCUT2D eigenvalue weighted by atomic mass is 9.80. The fourth-order valence-electron chi connectivity index (χ4n) is 2.22. The van der Waals surface area contributed by atoms with Crippen LogP contribution >= 0.6 is 0 Å². The normalized spacial score (nSPS) is 15.2. The fourth-order valence-corrected chi connectivity index (χ4v) is 2.22. The third kappa shape index (κ3) is 1.91. The third-order valence-electron chi connectivity index (χ3n) is 3.61. The summed E-state index contributed by atoms with van der Waals surface area (Å²) in [5, 5.41) is 10.2. The molecule has 0 amide bonds. The number of aromatic nitrogens is 2. The van der Waals surface area contributed by atoms with Gasteiger partial charge in [-0.2, -0.15) is 0 Å². The molecule has 0 radical (unpaired) electrons. The minimum atomic E-state index is -0.0965. The maximum Gasteiger partial charge on any atom is 0.213 e. The van der Waals surface area contributed by atoms with Crippen molar-refractivity contribution in [3.63, 3.8) is 0 Å². The van der Waals surface area contributed by atoms with Crippen LogP contribution in [-0.4, -0.2) is 28.0 Å². The van der Waals surface area contributed by atoms with E-state index in [2.05, 4.69) is 9.97 Å². The van der Waals surface area contributed by atoms with Crippen LogP contribution in [-0.2, 0) is 0 Å². The van der Waals surface area contributed by atoms with Gasteiger partial charge in [0.15, 0.2) is 11.5 Å². The van der Waals surface area contributed by atoms with Gasteiger partial charge in [-0.25, -0.2) is 4.98 Å². The van der Waals surface area contributed by atoms with E-state index >= 15 is 0 Å². The molecule has 0 spiro atoms. The number of nitrogens with zero attached hydrogens (tertiary/aromatic N) is 2. The number of methoxy groups -OCH3 is 1. The number of carbonyl (C=O) groups is 1. The van der Waals surface area contributed by atoms with E-state index in [1.54, 1.807) is 12.1 Å². The topological polar surface area (TPSA) is 72.3 Å². The van der Waals surface area contributed by atoms with Gasteiger partial charge in [-0.05, 0) is 18.9 Å². The van der Waals surface area contributed by atoms with Crippen LogP contribution in [0.4, 0.5) is 0 Å². The van der Waals surface area contributed by atoms with Crippen molar-refractivity contribution in [3.8, 4) is 11.6 Å². The zero-order chi connectivity index (χ0) is 13.4. The minimum Gasteiger partial charge on any atom is -0.505 e. The largest absolute Gasteiger partial charge is 0.505 e. The molecule has 19 heavy (non-hydrogen) atoms. The number of pyridine rings is 2. The summed E-state index contributed by atoms with van der Waals surface area (Å²) in [6, 6.07) is 3.38. The molecule has 2 aromatic heterocycles. The maximum atomic E-state index is 12.2. The molecule has 0 atom stereocenters. The van der Waals surface area contributed by atoms with Crippen LogP contribution in [0.3, 0.4) is 0 Å². The molecule has 1 N–H and O–H groups in total. The number of fused-ring (bicyclic) bond motifs is 1. The highest BCUT2D eigenvalue weighted by Crippen LogP contribution is 2.34. The molecule has 1 aliphatic rings. The molecule has 2 aromatic rings. The molecule has 1 aliphatic carbocycles. The number of aromatic hydroxyl groups is 1. The summed E-state index contributed by atoms with van der Waals surface area (Å²) in [5.74, 6) is 0.275. The SMILES string of the molecule is COc1ccc2ncc(C(=O)C3CCC3)c(O)c2n1. The zero-order valence-electron chi connectivity index (χ0n) is 10.6. The first kappa shape index (κ1) is 11.9. The van der Waals surface area contributed by atoms with E-state index in [-0.39, 0.29) is 23.0 Å². The second-order valence-electron chi connectivity index (χ2n) is 4.73. The number of hydrogen-bond donors (Lipinski definition) is 1. The second kappa shape index (κ2) is 4.50. The van der Waals surface area contributed by atoms with Gasteiger partial charge in [0, 0.05) is 18.2 Å². The van der Waals surface area contributed by atoms with E-state index in [1.165, 1.54) is 13.3 Å². The lowest BCUT2D eigenvalue weighted by Crippen LogP contribution is -2.22. The molecule has 98 valence electrons. The zero-order valence-corrected chi connectivity index (χ0v) is 10.6. The Balaban J connectivity index is 2.10.